The number of ether oxygens (including phenoxy) is 1. The molecule has 1 aromatic rings. The number of hydrogen-bond acceptors (Lipinski definition) is 3. The van der Waals surface area contributed by atoms with E-state index in [-0.39, 0.29) is 6.09 Å². The molecule has 0 radical (unpaired) electrons. The Kier molecular flexibility index (Phi) is 6.27. The zero-order chi connectivity index (χ0) is 17.7. The van der Waals surface area contributed by atoms with E-state index in [0.29, 0.717) is 12.5 Å². The van der Waals surface area contributed by atoms with Gasteiger partial charge in [-0.05, 0) is 77.6 Å². The van der Waals surface area contributed by atoms with Gasteiger partial charge in [-0.25, -0.2) is 4.79 Å². The molecule has 1 aromatic carbocycles. The van der Waals surface area contributed by atoms with Crippen molar-refractivity contribution in [1.29, 1.82) is 0 Å². The van der Waals surface area contributed by atoms with Crippen LogP contribution in [0.1, 0.15) is 50.3 Å². The zero-order valence-electron chi connectivity index (χ0n) is 15.8. The van der Waals surface area contributed by atoms with Gasteiger partial charge in [-0.15, -0.1) is 0 Å². The number of rotatable bonds is 4. The molecule has 4 heteroatoms. The summed E-state index contributed by atoms with van der Waals surface area (Å²) in [5.74, 6) is 0.548. The highest BCUT2D eigenvalue weighted by molar-refractivity contribution is 5.67. The molecule has 0 unspecified atom stereocenters. The largest absolute Gasteiger partial charge is 0.444 e. The summed E-state index contributed by atoms with van der Waals surface area (Å²) in [5.41, 5.74) is 3.70. The van der Waals surface area contributed by atoms with Crippen molar-refractivity contribution < 1.29 is 9.53 Å². The van der Waals surface area contributed by atoms with Crippen molar-refractivity contribution in [2.24, 2.45) is 5.92 Å². The Morgan fingerprint density at radius 2 is 1.92 bits per heavy atom. The molecule has 1 amide bonds. The maximum atomic E-state index is 11.7. The predicted molar refractivity (Wildman–Crippen MR) is 98.2 cm³/mol. The average molecular weight is 332 g/mol. The molecule has 2 rings (SSSR count). The fourth-order valence-corrected chi connectivity index (χ4v) is 3.10. The van der Waals surface area contributed by atoms with E-state index in [9.17, 15) is 4.79 Å². The second-order valence-corrected chi connectivity index (χ2v) is 8.03. The summed E-state index contributed by atoms with van der Waals surface area (Å²) >= 11 is 0. The second kappa shape index (κ2) is 8.02. The van der Waals surface area contributed by atoms with Crippen molar-refractivity contribution in [2.45, 2.75) is 59.6 Å². The number of nitrogens with one attached hydrogen (secondary N) is 1. The van der Waals surface area contributed by atoms with Gasteiger partial charge in [-0.1, -0.05) is 23.8 Å². The van der Waals surface area contributed by atoms with E-state index in [1.54, 1.807) is 0 Å². The van der Waals surface area contributed by atoms with Crippen LogP contribution in [-0.4, -0.2) is 36.2 Å². The highest BCUT2D eigenvalue weighted by atomic mass is 16.6. The lowest BCUT2D eigenvalue weighted by Gasteiger charge is -2.32. The smallest absolute Gasteiger partial charge is 0.407 e. The van der Waals surface area contributed by atoms with Crippen molar-refractivity contribution in [3.63, 3.8) is 0 Å². The lowest BCUT2D eigenvalue weighted by molar-refractivity contribution is 0.0509. The summed E-state index contributed by atoms with van der Waals surface area (Å²) in [6.45, 7) is 13.9. The number of carbonyl (C=O) groups excluding carboxylic acids is 1. The molecule has 24 heavy (non-hydrogen) atoms. The van der Waals surface area contributed by atoms with Gasteiger partial charge in [-0.3, -0.25) is 4.90 Å². The van der Waals surface area contributed by atoms with Crippen LogP contribution < -0.4 is 5.32 Å². The molecule has 0 spiro atoms. The highest BCUT2D eigenvalue weighted by Crippen LogP contribution is 2.20. The third-order valence-corrected chi connectivity index (χ3v) is 4.54. The lowest BCUT2D eigenvalue weighted by Crippen LogP contribution is -2.40. The molecule has 134 valence electrons. The van der Waals surface area contributed by atoms with Gasteiger partial charge in [0.2, 0.25) is 0 Å². The van der Waals surface area contributed by atoms with Gasteiger partial charge >= 0.3 is 6.09 Å². The Morgan fingerprint density at radius 3 is 2.54 bits per heavy atom. The topological polar surface area (TPSA) is 41.6 Å². The Balaban J connectivity index is 1.73. The van der Waals surface area contributed by atoms with Gasteiger partial charge in [0.15, 0.2) is 0 Å². The van der Waals surface area contributed by atoms with Gasteiger partial charge in [0.05, 0.1) is 0 Å². The maximum absolute atomic E-state index is 11.7. The van der Waals surface area contributed by atoms with Crippen molar-refractivity contribution in [1.82, 2.24) is 10.2 Å². The molecule has 0 saturated carbocycles. The minimum atomic E-state index is -0.431. The van der Waals surface area contributed by atoms with Crippen LogP contribution in [0.4, 0.5) is 4.79 Å². The van der Waals surface area contributed by atoms with Gasteiger partial charge in [0.25, 0.3) is 0 Å². The van der Waals surface area contributed by atoms with E-state index in [1.165, 1.54) is 16.7 Å². The van der Waals surface area contributed by atoms with Crippen LogP contribution in [-0.2, 0) is 11.3 Å². The average Bonchev–Trinajstić information content (AvgIpc) is 2.48. The number of likely N-dealkylation sites (tertiary alicyclic amines) is 1. The minimum Gasteiger partial charge on any atom is -0.444 e. The standard InChI is InChI=1S/C20H32N2O2/c1-15-6-7-16(2)18(12-15)14-22-10-8-17(9-11-22)13-21-19(23)24-20(3,4)5/h6-7,12,17H,8-11,13-14H2,1-5H3,(H,21,23). The van der Waals surface area contributed by atoms with Crippen LogP contribution in [0, 0.1) is 19.8 Å². The summed E-state index contributed by atoms with van der Waals surface area (Å²) in [6, 6.07) is 6.68. The van der Waals surface area contributed by atoms with Gasteiger partial charge in [-0.2, -0.15) is 0 Å². The zero-order valence-corrected chi connectivity index (χ0v) is 15.8. The van der Waals surface area contributed by atoms with Crippen LogP contribution >= 0.6 is 0 Å². The molecule has 4 nitrogen and oxygen atoms in total. The van der Waals surface area contributed by atoms with Crippen molar-refractivity contribution in [3.8, 4) is 0 Å². The monoisotopic (exact) mass is 332 g/mol. The first kappa shape index (κ1) is 18.8. The molecule has 1 aliphatic heterocycles. The fraction of sp³-hybridized carbons (Fsp3) is 0.650. The van der Waals surface area contributed by atoms with Crippen LogP contribution in [0.3, 0.4) is 0 Å². The van der Waals surface area contributed by atoms with E-state index in [4.69, 9.17) is 4.74 Å². The molecule has 1 N–H and O–H groups in total. The molecular formula is C20H32N2O2. The quantitative estimate of drug-likeness (QED) is 0.905. The first-order chi connectivity index (χ1) is 11.2. The maximum Gasteiger partial charge on any atom is 0.407 e. The van der Waals surface area contributed by atoms with Gasteiger partial charge in [0, 0.05) is 13.1 Å². The van der Waals surface area contributed by atoms with E-state index < -0.39 is 5.60 Å². The number of aryl methyl sites for hydroxylation is 2. The lowest BCUT2D eigenvalue weighted by atomic mass is 9.96. The molecular weight excluding hydrogens is 300 g/mol. The van der Waals surface area contributed by atoms with Crippen molar-refractivity contribution in [3.05, 3.63) is 34.9 Å². The first-order valence-electron chi connectivity index (χ1n) is 8.98. The summed E-state index contributed by atoms with van der Waals surface area (Å²) in [7, 11) is 0. The fourth-order valence-electron chi connectivity index (χ4n) is 3.10. The van der Waals surface area contributed by atoms with Crippen LogP contribution in [0.2, 0.25) is 0 Å². The number of hydrogen-bond donors (Lipinski definition) is 1. The van der Waals surface area contributed by atoms with Crippen LogP contribution in [0.15, 0.2) is 18.2 Å². The normalized spacial score (nSPS) is 16.9. The Bertz CT molecular complexity index is 555. The highest BCUT2D eigenvalue weighted by Gasteiger charge is 2.21. The Morgan fingerprint density at radius 1 is 1.25 bits per heavy atom. The Hall–Kier alpha value is -1.55. The van der Waals surface area contributed by atoms with E-state index in [0.717, 1.165) is 32.5 Å². The third kappa shape index (κ3) is 6.16. The molecule has 1 saturated heterocycles. The summed E-state index contributed by atoms with van der Waals surface area (Å²) in [4.78, 5) is 14.3. The van der Waals surface area contributed by atoms with Gasteiger partial charge < -0.3 is 10.1 Å². The molecule has 1 fully saturated rings. The molecule has 0 aromatic heterocycles. The SMILES string of the molecule is Cc1ccc(C)c(CN2CCC(CNC(=O)OC(C)(C)C)CC2)c1. The minimum absolute atomic E-state index is 0.305. The number of nitrogens with zero attached hydrogens (tertiary/aromatic N) is 1. The number of amides is 1. The van der Waals surface area contributed by atoms with E-state index >= 15 is 0 Å². The van der Waals surface area contributed by atoms with E-state index in [2.05, 4.69) is 42.3 Å². The number of piperidine rings is 1. The van der Waals surface area contributed by atoms with Crippen molar-refractivity contribution >= 4 is 6.09 Å². The molecule has 0 aliphatic carbocycles. The van der Waals surface area contributed by atoms with Gasteiger partial charge in [0.1, 0.15) is 5.60 Å². The summed E-state index contributed by atoms with van der Waals surface area (Å²) in [5, 5.41) is 2.91. The predicted octanol–water partition coefficient (Wildman–Crippen LogP) is 4.04. The third-order valence-electron chi connectivity index (χ3n) is 4.54. The van der Waals surface area contributed by atoms with Crippen LogP contribution in [0.25, 0.3) is 0 Å². The molecule has 0 bridgehead atoms. The summed E-state index contributed by atoms with van der Waals surface area (Å²) < 4.78 is 5.29. The molecule has 1 aliphatic rings. The summed E-state index contributed by atoms with van der Waals surface area (Å²) in [6.07, 6.45) is 1.95. The first-order valence-corrected chi connectivity index (χ1v) is 8.98. The Labute approximate surface area is 146 Å². The van der Waals surface area contributed by atoms with Crippen molar-refractivity contribution in [2.75, 3.05) is 19.6 Å². The number of carbonyl (C=O) groups is 1. The van der Waals surface area contributed by atoms with Crippen LogP contribution in [0.5, 0.6) is 0 Å². The second-order valence-electron chi connectivity index (χ2n) is 8.03. The number of benzene rings is 1. The molecule has 0 atom stereocenters. The van der Waals surface area contributed by atoms with E-state index in [1.807, 2.05) is 20.8 Å². The molecule has 1 heterocycles. The number of alkyl carbamates (subject to hydrolysis) is 1.